The lowest BCUT2D eigenvalue weighted by Gasteiger charge is -2.48. The number of aryl methyl sites for hydroxylation is 1. The van der Waals surface area contributed by atoms with E-state index in [9.17, 15) is 19.2 Å². The van der Waals surface area contributed by atoms with E-state index in [-0.39, 0.29) is 35.7 Å². The zero-order valence-electron chi connectivity index (χ0n) is 35.9. The molecular weight excluding hydrogens is 823 g/mol. The number of carbonyl (C=O) groups excluding carboxylic acids is 4. The molecule has 6 aliphatic rings. The summed E-state index contributed by atoms with van der Waals surface area (Å²) in [5.74, 6) is 0.362. The second kappa shape index (κ2) is 15.7. The molecule has 0 saturated carbocycles. The Morgan fingerprint density at radius 3 is 2.48 bits per heavy atom. The Labute approximate surface area is 368 Å². The van der Waals surface area contributed by atoms with Crippen LogP contribution < -0.4 is 19.9 Å². The van der Waals surface area contributed by atoms with Crippen LogP contribution in [0.15, 0.2) is 55.0 Å². The molecule has 2 aromatic carbocycles. The molecule has 5 aromatic rings. The first kappa shape index (κ1) is 40.4. The molecule has 15 nitrogen and oxygen atoms in total. The normalized spacial score (nSPS) is 20.8. The van der Waals surface area contributed by atoms with Gasteiger partial charge in [0.05, 0.1) is 25.9 Å². The number of imide groups is 1. The molecule has 332 valence electrons. The highest BCUT2D eigenvalue weighted by Crippen LogP contribution is 2.46. The summed E-state index contributed by atoms with van der Waals surface area (Å²) in [5, 5.41) is 7.74. The van der Waals surface area contributed by atoms with Gasteiger partial charge in [0.2, 0.25) is 17.7 Å². The molecule has 3 saturated heterocycles. The van der Waals surface area contributed by atoms with Crippen molar-refractivity contribution in [3.8, 4) is 16.9 Å². The third-order valence-corrected chi connectivity index (χ3v) is 14.5. The predicted octanol–water partition coefficient (Wildman–Crippen LogP) is 5.42. The van der Waals surface area contributed by atoms with Gasteiger partial charge in [0.15, 0.2) is 5.82 Å². The summed E-state index contributed by atoms with van der Waals surface area (Å²) >= 11 is 0. The number of fused-ring (bicyclic) bond motifs is 4. The van der Waals surface area contributed by atoms with Crippen LogP contribution in [-0.4, -0.2) is 116 Å². The fourth-order valence-electron chi connectivity index (χ4n) is 11.0. The quantitative estimate of drug-likeness (QED) is 0.201. The van der Waals surface area contributed by atoms with Crippen molar-refractivity contribution < 1.29 is 32.7 Å². The Hall–Kier alpha value is -6.36. The number of ether oxygens (including phenoxy) is 1. The molecule has 1 unspecified atom stereocenters. The van der Waals surface area contributed by atoms with E-state index >= 15 is 8.78 Å². The number of benzene rings is 2. The van der Waals surface area contributed by atoms with Gasteiger partial charge in [-0.1, -0.05) is 0 Å². The lowest BCUT2D eigenvalue weighted by atomic mass is 9.91. The average molecular weight is 873 g/mol. The lowest BCUT2D eigenvalue weighted by molar-refractivity contribution is -0.137. The van der Waals surface area contributed by atoms with Crippen LogP contribution in [0.25, 0.3) is 16.8 Å². The molecule has 17 heteroatoms. The standard InChI is InChI=1S/C47H50F2N10O5/c1-27(60)54-16-11-38-37(25-54)45(57-13-3-4-28-19-34(36(44(48)49)20-40(28)57)35-21-42-50-12-17-55(42)26-41(35)64-2)52-59(38)30-9-14-53(15-10-30)32-23-56(24-32)31-5-6-33-29(18-31)22-58(47(33)63)39-7-8-43(61)51-46(39)62/h5-6,12,17-21,26,30,32,39,44H,3-4,7-11,13-16,22-25H2,1-2H3,(H,51,61,62). The number of nitrogens with zero attached hydrogens (tertiary/aromatic N) is 9. The Balaban J connectivity index is 0.812. The maximum atomic E-state index is 15.2. The zero-order valence-corrected chi connectivity index (χ0v) is 35.9. The molecule has 3 aromatic heterocycles. The number of hydrogen-bond donors (Lipinski definition) is 1. The smallest absolute Gasteiger partial charge is 0.264 e. The number of hydrogen-bond acceptors (Lipinski definition) is 10. The van der Waals surface area contributed by atoms with E-state index in [0.29, 0.717) is 73.1 Å². The Bertz CT molecular complexity index is 2740. The minimum absolute atomic E-state index is 0.00170. The maximum absolute atomic E-state index is 15.2. The van der Waals surface area contributed by atoms with Crippen molar-refractivity contribution in [1.29, 1.82) is 0 Å². The van der Waals surface area contributed by atoms with Gasteiger partial charge in [0.25, 0.3) is 12.3 Å². The van der Waals surface area contributed by atoms with Crippen LogP contribution in [0.1, 0.15) is 89.8 Å². The molecule has 4 amide bonds. The lowest BCUT2D eigenvalue weighted by Crippen LogP contribution is -2.61. The first-order chi connectivity index (χ1) is 31.0. The first-order valence-corrected chi connectivity index (χ1v) is 22.4. The van der Waals surface area contributed by atoms with Gasteiger partial charge in [-0.2, -0.15) is 5.10 Å². The van der Waals surface area contributed by atoms with Crippen molar-refractivity contribution in [2.75, 3.05) is 56.2 Å². The van der Waals surface area contributed by atoms with Crippen molar-refractivity contribution in [3.05, 3.63) is 88.5 Å². The minimum atomic E-state index is -2.74. The second-order valence-electron chi connectivity index (χ2n) is 18.0. The highest BCUT2D eigenvalue weighted by Gasteiger charge is 2.41. The number of piperidine rings is 2. The van der Waals surface area contributed by atoms with Gasteiger partial charge in [-0.3, -0.25) is 34.1 Å². The van der Waals surface area contributed by atoms with E-state index in [1.807, 2.05) is 27.5 Å². The van der Waals surface area contributed by atoms with Crippen molar-refractivity contribution >= 4 is 46.5 Å². The van der Waals surface area contributed by atoms with Crippen LogP contribution in [0.4, 0.5) is 26.0 Å². The van der Waals surface area contributed by atoms with E-state index < -0.39 is 18.4 Å². The largest absolute Gasteiger partial charge is 0.495 e. The van der Waals surface area contributed by atoms with Crippen molar-refractivity contribution in [1.82, 2.24) is 39.2 Å². The fourth-order valence-corrected chi connectivity index (χ4v) is 11.0. The average Bonchev–Trinajstić information content (AvgIpc) is 3.99. The summed E-state index contributed by atoms with van der Waals surface area (Å²) in [4.78, 5) is 65.1. The minimum Gasteiger partial charge on any atom is -0.495 e. The molecule has 0 radical (unpaired) electrons. The van der Waals surface area contributed by atoms with Crippen molar-refractivity contribution in [2.24, 2.45) is 0 Å². The Morgan fingerprint density at radius 2 is 1.72 bits per heavy atom. The van der Waals surface area contributed by atoms with E-state index in [2.05, 4.69) is 35.7 Å². The first-order valence-electron chi connectivity index (χ1n) is 22.4. The number of halogens is 2. The molecular formula is C47H50F2N10O5. The van der Waals surface area contributed by atoms with Crippen LogP contribution in [0.5, 0.6) is 5.75 Å². The van der Waals surface area contributed by atoms with Gasteiger partial charge in [0.1, 0.15) is 17.4 Å². The third-order valence-electron chi connectivity index (χ3n) is 14.5. The van der Waals surface area contributed by atoms with Gasteiger partial charge < -0.3 is 28.7 Å². The zero-order chi connectivity index (χ0) is 44.0. The Morgan fingerprint density at radius 1 is 0.891 bits per heavy atom. The number of pyridine rings is 1. The number of likely N-dealkylation sites (tertiary alicyclic amines) is 1. The Kier molecular flexibility index (Phi) is 9.92. The molecule has 6 aliphatic heterocycles. The van der Waals surface area contributed by atoms with E-state index in [1.165, 1.54) is 0 Å². The van der Waals surface area contributed by atoms with Gasteiger partial charge in [-0.05, 0) is 85.2 Å². The molecule has 0 aliphatic carbocycles. The molecule has 9 heterocycles. The highest BCUT2D eigenvalue weighted by molar-refractivity contribution is 6.05. The van der Waals surface area contributed by atoms with E-state index in [1.54, 1.807) is 49.7 Å². The van der Waals surface area contributed by atoms with Gasteiger partial charge >= 0.3 is 0 Å². The van der Waals surface area contributed by atoms with Gasteiger partial charge in [-0.25, -0.2) is 13.8 Å². The monoisotopic (exact) mass is 872 g/mol. The van der Waals surface area contributed by atoms with Crippen LogP contribution in [-0.2, 0) is 40.3 Å². The summed E-state index contributed by atoms with van der Waals surface area (Å²) < 4.78 is 40.0. The number of aromatic nitrogens is 4. The molecule has 0 spiro atoms. The topological polar surface area (TPSA) is 141 Å². The molecule has 64 heavy (non-hydrogen) atoms. The summed E-state index contributed by atoms with van der Waals surface area (Å²) in [5.41, 5.74) is 7.94. The second-order valence-corrected chi connectivity index (χ2v) is 18.0. The fraction of sp³-hybridized carbons (Fsp3) is 0.447. The van der Waals surface area contributed by atoms with Crippen LogP contribution in [0.3, 0.4) is 0 Å². The summed E-state index contributed by atoms with van der Waals surface area (Å²) in [6, 6.07) is 11.2. The summed E-state index contributed by atoms with van der Waals surface area (Å²) in [6.45, 7) is 7.17. The number of imidazole rings is 1. The maximum Gasteiger partial charge on any atom is 0.264 e. The van der Waals surface area contributed by atoms with Crippen molar-refractivity contribution in [2.45, 2.75) is 89.5 Å². The SMILES string of the molecule is COc1cn2ccnc2cc1-c1cc2c(cc1C(F)F)N(c1nn(C3CCN(C4CN(c5ccc6c(c5)CN(C5CCC(=O)NC5=O)C6=O)C4)CC3)c3c1CN(C(C)=O)CC3)CCC2. The molecule has 0 bridgehead atoms. The van der Waals surface area contributed by atoms with Crippen molar-refractivity contribution in [3.63, 3.8) is 0 Å². The van der Waals surface area contributed by atoms with Gasteiger partial charge in [0, 0.05) is 123 Å². The summed E-state index contributed by atoms with van der Waals surface area (Å²) in [6.07, 6.45) is 7.10. The number of rotatable bonds is 8. The van der Waals surface area contributed by atoms with Crippen LogP contribution in [0, 0.1) is 0 Å². The molecule has 1 N–H and O–H groups in total. The molecule has 3 fully saturated rings. The van der Waals surface area contributed by atoms with Gasteiger partial charge in [-0.15, -0.1) is 0 Å². The number of amides is 4. The molecule has 1 atom stereocenters. The predicted molar refractivity (Wildman–Crippen MR) is 233 cm³/mol. The summed E-state index contributed by atoms with van der Waals surface area (Å²) in [7, 11) is 1.54. The van der Waals surface area contributed by atoms with Crippen LogP contribution in [0.2, 0.25) is 0 Å². The number of anilines is 3. The molecule has 11 rings (SSSR count). The third kappa shape index (κ3) is 6.77. The number of nitrogens with one attached hydrogen (secondary N) is 1. The van der Waals surface area contributed by atoms with E-state index in [4.69, 9.17) is 9.84 Å². The number of carbonyl (C=O) groups is 4. The van der Waals surface area contributed by atoms with Crippen LogP contribution >= 0.6 is 0 Å². The highest BCUT2D eigenvalue weighted by atomic mass is 19.3. The number of alkyl halides is 2. The van der Waals surface area contributed by atoms with E-state index in [0.717, 1.165) is 91.4 Å². The number of methoxy groups -OCH3 is 1.